The molecule has 2 aromatic carbocycles. The van der Waals surface area contributed by atoms with Crippen molar-refractivity contribution in [2.75, 3.05) is 27.4 Å². The predicted octanol–water partition coefficient (Wildman–Crippen LogP) is 4.77. The average Bonchev–Trinajstić information content (AvgIpc) is 3.00. The van der Waals surface area contributed by atoms with Crippen LogP contribution in [-0.2, 0) is 14.3 Å². The predicted molar refractivity (Wildman–Crippen MR) is 120 cm³/mol. The third-order valence-corrected chi connectivity index (χ3v) is 5.97. The van der Waals surface area contributed by atoms with Gasteiger partial charge in [-0.25, -0.2) is 0 Å². The van der Waals surface area contributed by atoms with Crippen LogP contribution < -0.4 is 4.74 Å². The summed E-state index contributed by atoms with van der Waals surface area (Å²) in [4.78, 5) is 27.3. The highest BCUT2D eigenvalue weighted by molar-refractivity contribution is 6.47. The smallest absolute Gasteiger partial charge is 0.295 e. The number of methoxy groups -OCH3 is 2. The molecule has 1 atom stereocenters. The molecule has 0 spiro atoms. The number of aliphatic hydroxyl groups is 1. The van der Waals surface area contributed by atoms with Crippen molar-refractivity contribution < 1.29 is 24.2 Å². The maximum Gasteiger partial charge on any atom is 0.295 e. The van der Waals surface area contributed by atoms with E-state index in [-0.39, 0.29) is 17.9 Å². The molecule has 1 N–H and O–H groups in total. The highest BCUT2D eigenvalue weighted by Crippen LogP contribution is 2.41. The van der Waals surface area contributed by atoms with E-state index in [4.69, 9.17) is 32.7 Å². The van der Waals surface area contributed by atoms with Crippen LogP contribution in [0.25, 0.3) is 5.76 Å². The Hall–Kier alpha value is -2.54. The molecule has 1 saturated heterocycles. The number of halogens is 2. The van der Waals surface area contributed by atoms with Gasteiger partial charge in [0.05, 0.1) is 28.8 Å². The number of carbonyl (C=O) groups excluding carboxylic acids is 2. The summed E-state index contributed by atoms with van der Waals surface area (Å²) in [5.41, 5.74) is 1.74. The second-order valence-corrected chi connectivity index (χ2v) is 8.01. The number of likely N-dealkylation sites (tertiary alicyclic amines) is 1. The molecular formula is C23H23Cl2NO5. The lowest BCUT2D eigenvalue weighted by molar-refractivity contribution is -0.140. The van der Waals surface area contributed by atoms with Gasteiger partial charge in [0.25, 0.3) is 11.7 Å². The fraction of sp³-hybridized carbons (Fsp3) is 0.304. The minimum absolute atomic E-state index is 0.00840. The Morgan fingerprint density at radius 2 is 1.84 bits per heavy atom. The number of hydrogen-bond acceptors (Lipinski definition) is 5. The fourth-order valence-electron chi connectivity index (χ4n) is 3.69. The summed E-state index contributed by atoms with van der Waals surface area (Å²) in [5.74, 6) is -1.06. The topological polar surface area (TPSA) is 76.1 Å². The minimum atomic E-state index is -0.798. The Morgan fingerprint density at radius 1 is 1.10 bits per heavy atom. The van der Waals surface area contributed by atoms with Crippen LogP contribution in [0.5, 0.6) is 5.75 Å². The summed E-state index contributed by atoms with van der Waals surface area (Å²) in [7, 11) is 3.11. The normalized spacial score (nSPS) is 18.0. The number of rotatable bonds is 7. The van der Waals surface area contributed by atoms with Crippen LogP contribution in [0.4, 0.5) is 0 Å². The zero-order valence-electron chi connectivity index (χ0n) is 17.4. The molecule has 1 unspecified atom stereocenters. The second-order valence-electron chi connectivity index (χ2n) is 7.19. The molecule has 0 radical (unpaired) electrons. The van der Waals surface area contributed by atoms with E-state index >= 15 is 0 Å². The van der Waals surface area contributed by atoms with E-state index in [1.807, 2.05) is 0 Å². The molecule has 2 aromatic rings. The molecule has 1 aliphatic rings. The lowest BCUT2D eigenvalue weighted by Gasteiger charge is -2.25. The summed E-state index contributed by atoms with van der Waals surface area (Å²) in [6.45, 7) is 2.50. The quantitative estimate of drug-likeness (QED) is 0.277. The number of aliphatic hydroxyl groups excluding tert-OH is 1. The van der Waals surface area contributed by atoms with E-state index in [0.717, 1.165) is 0 Å². The molecule has 3 rings (SSSR count). The first-order valence-electron chi connectivity index (χ1n) is 9.67. The molecule has 1 amide bonds. The maximum absolute atomic E-state index is 13.0. The van der Waals surface area contributed by atoms with Crippen molar-refractivity contribution in [1.29, 1.82) is 0 Å². The van der Waals surface area contributed by atoms with Crippen molar-refractivity contribution in [3.05, 3.63) is 68.7 Å². The first-order valence-corrected chi connectivity index (χ1v) is 10.4. The van der Waals surface area contributed by atoms with Crippen molar-refractivity contribution in [3.63, 3.8) is 0 Å². The number of amides is 1. The highest BCUT2D eigenvalue weighted by Gasteiger charge is 2.46. The number of carbonyl (C=O) groups is 2. The molecule has 1 heterocycles. The van der Waals surface area contributed by atoms with Gasteiger partial charge in [-0.15, -0.1) is 0 Å². The largest absolute Gasteiger partial charge is 0.507 e. The Kier molecular flexibility index (Phi) is 7.26. The number of nitrogens with zero attached hydrogens (tertiary/aromatic N) is 1. The molecule has 0 aromatic heterocycles. The standard InChI is InChI=1S/C23H23Cl2NO5/c1-13-11-15(31-3)6-7-16(13)21(27)19-20(14-5-8-17(24)18(25)12-14)26(9-4-10-30-2)23(29)22(19)28/h5-8,11-12,20,27H,4,9-10H2,1-3H3/b21-19-. The Morgan fingerprint density at radius 3 is 2.45 bits per heavy atom. The second kappa shape index (κ2) is 9.73. The van der Waals surface area contributed by atoms with Crippen LogP contribution in [0.3, 0.4) is 0 Å². The summed E-state index contributed by atoms with van der Waals surface area (Å²) < 4.78 is 10.3. The number of ether oxygens (including phenoxy) is 2. The third kappa shape index (κ3) is 4.56. The molecule has 31 heavy (non-hydrogen) atoms. The van der Waals surface area contributed by atoms with Crippen LogP contribution in [-0.4, -0.2) is 49.1 Å². The summed E-state index contributed by atoms with van der Waals surface area (Å²) >= 11 is 12.3. The maximum atomic E-state index is 13.0. The molecule has 164 valence electrons. The molecule has 0 saturated carbocycles. The van der Waals surface area contributed by atoms with Crippen LogP contribution in [0.1, 0.15) is 29.2 Å². The Balaban J connectivity index is 2.17. The van der Waals surface area contributed by atoms with Crippen LogP contribution in [0, 0.1) is 6.92 Å². The van der Waals surface area contributed by atoms with Gasteiger partial charge in [0.2, 0.25) is 0 Å². The van der Waals surface area contributed by atoms with Gasteiger partial charge in [-0.05, 0) is 54.8 Å². The third-order valence-electron chi connectivity index (χ3n) is 5.24. The van der Waals surface area contributed by atoms with Crippen molar-refractivity contribution in [2.24, 2.45) is 0 Å². The lowest BCUT2D eigenvalue weighted by atomic mass is 9.94. The van der Waals surface area contributed by atoms with Crippen LogP contribution in [0.15, 0.2) is 42.0 Å². The molecular weight excluding hydrogens is 441 g/mol. The van der Waals surface area contributed by atoms with E-state index in [0.29, 0.717) is 45.5 Å². The number of ketones is 1. The molecule has 1 aliphatic heterocycles. The molecule has 8 heteroatoms. The average molecular weight is 464 g/mol. The van der Waals surface area contributed by atoms with E-state index in [1.165, 1.54) is 4.90 Å². The van der Waals surface area contributed by atoms with Gasteiger partial charge in [-0.1, -0.05) is 29.3 Å². The first kappa shape index (κ1) is 23.1. The van der Waals surface area contributed by atoms with Gasteiger partial charge in [-0.2, -0.15) is 0 Å². The van der Waals surface area contributed by atoms with Gasteiger partial charge in [-0.3, -0.25) is 9.59 Å². The van der Waals surface area contributed by atoms with Crippen molar-refractivity contribution in [2.45, 2.75) is 19.4 Å². The summed E-state index contributed by atoms with van der Waals surface area (Å²) in [5, 5.41) is 11.8. The van der Waals surface area contributed by atoms with Gasteiger partial charge in [0, 0.05) is 25.8 Å². The fourth-order valence-corrected chi connectivity index (χ4v) is 4.00. The van der Waals surface area contributed by atoms with Gasteiger partial charge in [0.15, 0.2) is 0 Å². The first-order chi connectivity index (χ1) is 14.8. The number of Topliss-reactive ketones (excluding diaryl/α,β-unsaturated/α-hetero) is 1. The monoisotopic (exact) mass is 463 g/mol. The van der Waals surface area contributed by atoms with E-state index in [9.17, 15) is 14.7 Å². The van der Waals surface area contributed by atoms with Gasteiger partial charge < -0.3 is 19.5 Å². The van der Waals surface area contributed by atoms with Crippen molar-refractivity contribution >= 4 is 40.7 Å². The van der Waals surface area contributed by atoms with Crippen LogP contribution in [0.2, 0.25) is 10.0 Å². The van der Waals surface area contributed by atoms with E-state index in [2.05, 4.69) is 0 Å². The summed E-state index contributed by atoms with van der Waals surface area (Å²) in [6.07, 6.45) is 0.531. The Labute approximate surface area is 191 Å². The van der Waals surface area contributed by atoms with E-state index in [1.54, 1.807) is 57.5 Å². The lowest BCUT2D eigenvalue weighted by Crippen LogP contribution is -2.31. The number of hydrogen-bond donors (Lipinski definition) is 1. The zero-order chi connectivity index (χ0) is 22.7. The number of benzene rings is 2. The highest BCUT2D eigenvalue weighted by atomic mass is 35.5. The Bertz CT molecular complexity index is 1050. The van der Waals surface area contributed by atoms with Gasteiger partial charge in [0.1, 0.15) is 11.5 Å². The van der Waals surface area contributed by atoms with E-state index < -0.39 is 17.7 Å². The van der Waals surface area contributed by atoms with Gasteiger partial charge >= 0.3 is 0 Å². The molecule has 6 nitrogen and oxygen atoms in total. The van der Waals surface area contributed by atoms with Crippen molar-refractivity contribution in [1.82, 2.24) is 4.90 Å². The zero-order valence-corrected chi connectivity index (χ0v) is 19.0. The SMILES string of the molecule is COCCCN1C(=O)C(=O)/C(=C(\O)c2ccc(OC)cc2C)C1c1ccc(Cl)c(Cl)c1. The van der Waals surface area contributed by atoms with Crippen LogP contribution >= 0.6 is 23.2 Å². The molecule has 0 bridgehead atoms. The summed E-state index contributed by atoms with van der Waals surface area (Å²) in [6, 6.07) is 9.21. The molecule has 1 fully saturated rings. The number of aryl methyl sites for hydroxylation is 1. The minimum Gasteiger partial charge on any atom is -0.507 e. The molecule has 0 aliphatic carbocycles. The van der Waals surface area contributed by atoms with Crippen molar-refractivity contribution in [3.8, 4) is 5.75 Å².